The van der Waals surface area contributed by atoms with Crippen molar-refractivity contribution in [2.45, 2.75) is 278 Å². The largest absolute Gasteiger partial charge is 0.477 e. The number of carboxylic acids is 1. The van der Waals surface area contributed by atoms with Crippen molar-refractivity contribution in [3.8, 4) is 0 Å². The maximum absolute atomic E-state index is 13.2. The quantitative estimate of drug-likeness (QED) is 0.0299. The van der Waals surface area contributed by atoms with Crippen molar-refractivity contribution >= 4 is 17.8 Å². The van der Waals surface area contributed by atoms with Crippen molar-refractivity contribution in [1.82, 2.24) is 10.6 Å². The van der Waals surface area contributed by atoms with Crippen molar-refractivity contribution in [3.63, 3.8) is 0 Å². The number of allylic oxidation sites excluding steroid dienone is 2. The zero-order valence-electron chi connectivity index (χ0n) is 45.1. The van der Waals surface area contributed by atoms with Crippen molar-refractivity contribution in [2.75, 3.05) is 26.4 Å². The smallest absolute Gasteiger partial charge is 0.364 e. The van der Waals surface area contributed by atoms with Gasteiger partial charge in [-0.3, -0.25) is 9.59 Å². The average Bonchev–Trinajstić information content (AvgIpc) is 3.41. The summed E-state index contributed by atoms with van der Waals surface area (Å²) in [5.41, 5.74) is 0. The van der Waals surface area contributed by atoms with Gasteiger partial charge in [0.15, 0.2) is 12.6 Å². The molecule has 23 heteroatoms. The summed E-state index contributed by atoms with van der Waals surface area (Å²) in [4.78, 5) is 38.2. The van der Waals surface area contributed by atoms with E-state index in [1.807, 2.05) is 0 Å². The molecule has 444 valence electrons. The molecule has 0 aliphatic carbocycles. The van der Waals surface area contributed by atoms with Crippen molar-refractivity contribution < 1.29 is 104 Å². The molecule has 2 amide bonds. The van der Waals surface area contributed by atoms with E-state index in [1.165, 1.54) is 64.2 Å². The molecule has 76 heavy (non-hydrogen) atoms. The SMILES string of the molecule is CCCCCC/C=C\CCCC(=O)NC(COC1OC(CO)C(OC2OC(CO)C(O)C(OC3(C(=O)O)CC(O)C(NC(C)=O)C(C(O)C(O)CO)O3)C2O)C(O)C1O)C(O)CCCCCCCCCCCCCCC. The maximum atomic E-state index is 13.2. The lowest BCUT2D eigenvalue weighted by Crippen LogP contribution is -2.70. The van der Waals surface area contributed by atoms with E-state index in [4.69, 9.17) is 28.4 Å². The second kappa shape index (κ2) is 36.7. The van der Waals surface area contributed by atoms with Crippen LogP contribution in [-0.2, 0) is 42.8 Å². The van der Waals surface area contributed by atoms with E-state index >= 15 is 0 Å². The van der Waals surface area contributed by atoms with Gasteiger partial charge in [0.2, 0.25) is 11.8 Å². The molecule has 18 unspecified atom stereocenters. The van der Waals surface area contributed by atoms with Crippen LogP contribution in [0.25, 0.3) is 0 Å². The summed E-state index contributed by atoms with van der Waals surface area (Å²) in [6.45, 7) is 2.07. The fourth-order valence-electron chi connectivity index (χ4n) is 9.89. The second-order valence-corrected chi connectivity index (χ2v) is 20.8. The standard InChI is InChI=1S/C53H96N2O21/c1-4-6-8-10-12-14-15-16-17-19-20-22-24-26-35(60)34(55-40(63)27-25-23-21-18-13-11-9-7-5-2)32-71-50-45(67)44(66)47(39(31-58)73-50)74-51-46(68)49(43(65)38(30-57)72-51)76-53(52(69)70)28-36(61)41(54-33(3)59)48(75-53)42(64)37(62)29-56/h18,21,34-39,41-51,56-58,60-62,64-68H,4-17,19-20,22-32H2,1-3H3,(H,54,59)(H,55,63)(H,69,70)/b21-18-. The van der Waals surface area contributed by atoms with E-state index < -0.39 is 148 Å². The Morgan fingerprint density at radius 3 is 1.78 bits per heavy atom. The molecule has 0 saturated carbocycles. The van der Waals surface area contributed by atoms with Crippen LogP contribution in [0.3, 0.4) is 0 Å². The number of aliphatic hydroxyl groups is 11. The van der Waals surface area contributed by atoms with Gasteiger partial charge in [0.05, 0.1) is 50.7 Å². The molecular weight excluding hydrogens is 1000 g/mol. The van der Waals surface area contributed by atoms with Gasteiger partial charge in [-0.15, -0.1) is 0 Å². The first kappa shape index (κ1) is 67.7. The van der Waals surface area contributed by atoms with Crippen LogP contribution < -0.4 is 10.6 Å². The first-order valence-corrected chi connectivity index (χ1v) is 28.0. The molecule has 18 atom stereocenters. The lowest BCUT2D eigenvalue weighted by molar-refractivity contribution is -0.386. The number of carbonyl (C=O) groups excluding carboxylic acids is 2. The number of hydrogen-bond acceptors (Lipinski definition) is 20. The molecule has 0 spiro atoms. The average molecular weight is 1100 g/mol. The number of carboxylic acid groups (broad SMARTS) is 1. The zero-order chi connectivity index (χ0) is 56.2. The molecule has 0 aromatic carbocycles. The van der Waals surface area contributed by atoms with Gasteiger partial charge in [0, 0.05) is 19.8 Å². The minimum absolute atomic E-state index is 0.175. The molecule has 3 fully saturated rings. The van der Waals surface area contributed by atoms with Gasteiger partial charge in [-0.1, -0.05) is 129 Å². The second-order valence-electron chi connectivity index (χ2n) is 20.8. The van der Waals surface area contributed by atoms with Gasteiger partial charge in [-0.05, 0) is 32.1 Å². The van der Waals surface area contributed by atoms with Crippen LogP contribution in [0.4, 0.5) is 0 Å². The van der Waals surface area contributed by atoms with Crippen LogP contribution >= 0.6 is 0 Å². The highest BCUT2D eigenvalue weighted by Gasteiger charge is 2.60. The Hall–Kier alpha value is -2.53. The Bertz CT molecular complexity index is 1630. The first-order chi connectivity index (χ1) is 36.4. The van der Waals surface area contributed by atoms with Crippen LogP contribution in [-0.4, -0.2) is 215 Å². The van der Waals surface area contributed by atoms with Gasteiger partial charge in [-0.2, -0.15) is 0 Å². The molecule has 0 aromatic rings. The Labute approximate surface area is 448 Å². The molecule has 14 N–H and O–H groups in total. The molecule has 0 radical (unpaired) electrons. The van der Waals surface area contributed by atoms with Gasteiger partial charge >= 0.3 is 5.97 Å². The summed E-state index contributed by atoms with van der Waals surface area (Å²) in [5, 5.41) is 135. The zero-order valence-corrected chi connectivity index (χ0v) is 45.1. The van der Waals surface area contributed by atoms with E-state index in [2.05, 4.69) is 36.6 Å². The van der Waals surface area contributed by atoms with Crippen LogP contribution in [0.15, 0.2) is 12.2 Å². The fraction of sp³-hybridized carbons (Fsp3) is 0.906. The Morgan fingerprint density at radius 1 is 0.671 bits per heavy atom. The maximum Gasteiger partial charge on any atom is 0.364 e. The number of nitrogens with one attached hydrogen (secondary N) is 2. The van der Waals surface area contributed by atoms with Gasteiger partial charge in [0.1, 0.15) is 67.1 Å². The Kier molecular flexibility index (Phi) is 32.7. The third-order valence-corrected chi connectivity index (χ3v) is 14.5. The van der Waals surface area contributed by atoms with E-state index in [0.717, 1.165) is 51.9 Å². The topological polar surface area (TPSA) is 373 Å². The molecule has 3 aliphatic rings. The molecule has 3 aliphatic heterocycles. The molecular formula is C53H96N2O21. The van der Waals surface area contributed by atoms with Crippen LogP contribution in [0, 0.1) is 0 Å². The molecule has 3 rings (SSSR count). The van der Waals surface area contributed by atoms with Crippen LogP contribution in [0.5, 0.6) is 0 Å². The third kappa shape index (κ3) is 21.8. The highest BCUT2D eigenvalue weighted by molar-refractivity contribution is 5.77. The number of aliphatic carboxylic acids is 1. The van der Waals surface area contributed by atoms with Gasteiger partial charge in [-0.25, -0.2) is 4.79 Å². The summed E-state index contributed by atoms with van der Waals surface area (Å²) in [5.74, 6) is -6.14. The highest BCUT2D eigenvalue weighted by atomic mass is 16.8. The number of carbonyl (C=O) groups is 3. The van der Waals surface area contributed by atoms with Crippen LogP contribution in [0.2, 0.25) is 0 Å². The van der Waals surface area contributed by atoms with Gasteiger partial charge < -0.3 is 100 Å². The number of ether oxygens (including phenoxy) is 6. The molecule has 0 aromatic heterocycles. The van der Waals surface area contributed by atoms with Crippen molar-refractivity contribution in [2.24, 2.45) is 0 Å². The normalized spacial score (nSPS) is 31.7. The number of aliphatic hydroxyl groups excluding tert-OH is 11. The van der Waals surface area contributed by atoms with Crippen LogP contribution in [0.1, 0.15) is 168 Å². The Balaban J connectivity index is 1.71. The molecule has 0 bridgehead atoms. The minimum atomic E-state index is -3.08. The van der Waals surface area contributed by atoms with Crippen molar-refractivity contribution in [3.05, 3.63) is 12.2 Å². The third-order valence-electron chi connectivity index (χ3n) is 14.5. The van der Waals surface area contributed by atoms with Crippen molar-refractivity contribution in [1.29, 1.82) is 0 Å². The van der Waals surface area contributed by atoms with Gasteiger partial charge in [0.25, 0.3) is 5.79 Å². The summed E-state index contributed by atoms with van der Waals surface area (Å²) in [7, 11) is 0. The van der Waals surface area contributed by atoms with E-state index in [0.29, 0.717) is 25.7 Å². The monoisotopic (exact) mass is 1100 g/mol. The highest BCUT2D eigenvalue weighted by Crippen LogP contribution is 2.38. The molecule has 3 heterocycles. The summed E-state index contributed by atoms with van der Waals surface area (Å²) in [6.07, 6.45) is -2.82. The predicted octanol–water partition coefficient (Wildman–Crippen LogP) is 0.825. The van der Waals surface area contributed by atoms with E-state index in [1.54, 1.807) is 0 Å². The Morgan fingerprint density at radius 2 is 1.22 bits per heavy atom. The fourth-order valence-corrected chi connectivity index (χ4v) is 9.89. The number of rotatable bonds is 39. The predicted molar refractivity (Wildman–Crippen MR) is 274 cm³/mol. The summed E-state index contributed by atoms with van der Waals surface area (Å²) < 4.78 is 34.6. The summed E-state index contributed by atoms with van der Waals surface area (Å²) >= 11 is 0. The lowest BCUT2D eigenvalue weighted by Gasteiger charge is -2.50. The van der Waals surface area contributed by atoms with E-state index in [9.17, 15) is 75.7 Å². The lowest BCUT2D eigenvalue weighted by atomic mass is 9.88. The first-order valence-electron chi connectivity index (χ1n) is 28.0. The number of amides is 2. The summed E-state index contributed by atoms with van der Waals surface area (Å²) in [6, 6.07) is -2.54. The molecule has 3 saturated heterocycles. The molecule has 23 nitrogen and oxygen atoms in total. The number of unbranched alkanes of at least 4 members (excludes halogenated alkanes) is 17. The number of hydrogen-bond donors (Lipinski definition) is 14. The minimum Gasteiger partial charge on any atom is -0.477 e. The van der Waals surface area contributed by atoms with E-state index in [-0.39, 0.29) is 18.9 Å².